The monoisotopic (exact) mass is 352 g/mol. The van der Waals surface area contributed by atoms with Crippen molar-refractivity contribution in [1.82, 2.24) is 0 Å². The first-order valence-corrected chi connectivity index (χ1v) is 9.79. The van der Waals surface area contributed by atoms with Gasteiger partial charge in [0.05, 0.1) is 24.2 Å². The van der Waals surface area contributed by atoms with Crippen LogP contribution < -0.4 is 0 Å². The Bertz CT molecular complexity index is 589. The van der Waals surface area contributed by atoms with Crippen molar-refractivity contribution in [3.8, 4) is 0 Å². The number of hydrogen-bond acceptors (Lipinski definition) is 5. The molecule has 0 aromatic heterocycles. The Morgan fingerprint density at radius 2 is 1.76 bits per heavy atom. The van der Waals surface area contributed by atoms with E-state index in [-0.39, 0.29) is 28.6 Å². The number of aliphatic hydroxyl groups is 2. The van der Waals surface area contributed by atoms with Crippen molar-refractivity contribution in [3.63, 3.8) is 0 Å². The number of cyclic esters (lactones) is 1. The molecule has 4 fully saturated rings. The van der Waals surface area contributed by atoms with Crippen LogP contribution in [0.25, 0.3) is 0 Å². The minimum Gasteiger partial charge on any atom is -0.463 e. The van der Waals surface area contributed by atoms with Crippen molar-refractivity contribution in [2.45, 2.75) is 89.6 Å². The first-order valence-electron chi connectivity index (χ1n) is 9.79. The molecular formula is C20H32O5. The Morgan fingerprint density at radius 3 is 2.40 bits per heavy atom. The Hall–Kier alpha value is -0.650. The molecule has 0 bridgehead atoms. The van der Waals surface area contributed by atoms with Crippen molar-refractivity contribution in [1.29, 1.82) is 0 Å². The van der Waals surface area contributed by atoms with E-state index in [1.54, 1.807) is 0 Å². The van der Waals surface area contributed by atoms with Crippen LogP contribution in [0.3, 0.4) is 0 Å². The van der Waals surface area contributed by atoms with E-state index in [9.17, 15) is 15.0 Å². The highest BCUT2D eigenvalue weighted by molar-refractivity contribution is 5.73. The van der Waals surface area contributed by atoms with E-state index in [1.807, 2.05) is 6.92 Å². The Balaban J connectivity index is 1.79. The molecular weight excluding hydrogens is 320 g/mol. The molecule has 2 saturated carbocycles. The van der Waals surface area contributed by atoms with E-state index < -0.39 is 23.4 Å². The molecule has 4 rings (SSSR count). The molecule has 0 aromatic rings. The van der Waals surface area contributed by atoms with Gasteiger partial charge in [0.25, 0.3) is 0 Å². The molecule has 2 aliphatic heterocycles. The molecule has 2 saturated heterocycles. The molecule has 4 aliphatic rings. The van der Waals surface area contributed by atoms with Gasteiger partial charge >= 0.3 is 5.97 Å². The summed E-state index contributed by atoms with van der Waals surface area (Å²) in [6, 6.07) is 0. The number of rotatable bonds is 0. The van der Waals surface area contributed by atoms with Gasteiger partial charge in [-0.1, -0.05) is 34.1 Å². The lowest BCUT2D eigenvalue weighted by molar-refractivity contribution is -0.297. The Kier molecular flexibility index (Phi) is 3.69. The molecule has 0 amide bonds. The van der Waals surface area contributed by atoms with Crippen molar-refractivity contribution in [2.24, 2.45) is 22.7 Å². The second-order valence-corrected chi connectivity index (χ2v) is 10.0. The standard InChI is InChI=1S/C20H32O5/c1-12-14(22)15(23)16-17(2,3)6-5-7-18(16,4)20(12)9-8-19(25-20)10-13(21)24-11-19/h12,14-16,22-23H,5-11H2,1-4H3/t12-,14+,15+,16-,18-,19+,20+/m0/s1. The number of fused-ring (bicyclic) bond motifs is 2. The zero-order chi connectivity index (χ0) is 18.3. The number of ether oxygens (including phenoxy) is 2. The summed E-state index contributed by atoms with van der Waals surface area (Å²) in [4.78, 5) is 11.7. The maximum Gasteiger partial charge on any atom is 0.308 e. The van der Waals surface area contributed by atoms with E-state index >= 15 is 0 Å². The predicted octanol–water partition coefficient (Wildman–Crippen LogP) is 2.43. The van der Waals surface area contributed by atoms with Gasteiger partial charge in [-0.3, -0.25) is 4.79 Å². The molecule has 0 unspecified atom stereocenters. The fourth-order valence-electron chi connectivity index (χ4n) is 7.12. The number of esters is 1. The minimum absolute atomic E-state index is 0.0203. The first kappa shape index (κ1) is 17.7. The van der Waals surface area contributed by atoms with Crippen LogP contribution in [0.1, 0.15) is 66.2 Å². The maximum atomic E-state index is 11.7. The maximum absolute atomic E-state index is 11.7. The highest BCUT2D eigenvalue weighted by Crippen LogP contribution is 2.68. The van der Waals surface area contributed by atoms with E-state index in [1.165, 1.54) is 0 Å². The SMILES string of the molecule is C[C@H]1[C@@H](O)[C@@H](O)[C@H]2C(C)(C)CCC[C@]2(C)[C@@]12CC[C@@]1(COC(=O)C1)O2. The predicted molar refractivity (Wildman–Crippen MR) is 91.8 cm³/mol. The molecule has 7 atom stereocenters. The summed E-state index contributed by atoms with van der Waals surface area (Å²) in [6.45, 7) is 9.00. The van der Waals surface area contributed by atoms with E-state index in [0.29, 0.717) is 13.0 Å². The van der Waals surface area contributed by atoms with Crippen LogP contribution in [0.5, 0.6) is 0 Å². The topological polar surface area (TPSA) is 76.0 Å². The molecule has 0 radical (unpaired) electrons. The second-order valence-electron chi connectivity index (χ2n) is 10.0. The Labute approximate surface area is 150 Å². The van der Waals surface area contributed by atoms with Crippen LogP contribution in [-0.4, -0.2) is 46.2 Å². The van der Waals surface area contributed by atoms with Gasteiger partial charge in [-0.15, -0.1) is 0 Å². The van der Waals surface area contributed by atoms with E-state index in [4.69, 9.17) is 9.47 Å². The highest BCUT2D eigenvalue weighted by atomic mass is 16.6. The molecule has 142 valence electrons. The van der Waals surface area contributed by atoms with Gasteiger partial charge in [0.1, 0.15) is 12.2 Å². The van der Waals surface area contributed by atoms with Gasteiger partial charge in [-0.2, -0.15) is 0 Å². The summed E-state index contributed by atoms with van der Waals surface area (Å²) in [7, 11) is 0. The summed E-state index contributed by atoms with van der Waals surface area (Å²) in [5.74, 6) is -0.382. The molecule has 2 spiro atoms. The summed E-state index contributed by atoms with van der Waals surface area (Å²) in [5, 5.41) is 21.9. The fourth-order valence-corrected chi connectivity index (χ4v) is 7.12. The summed E-state index contributed by atoms with van der Waals surface area (Å²) >= 11 is 0. The first-order chi connectivity index (χ1) is 11.6. The molecule has 25 heavy (non-hydrogen) atoms. The zero-order valence-electron chi connectivity index (χ0n) is 15.9. The molecule has 2 N–H and O–H groups in total. The molecule has 2 aliphatic carbocycles. The number of hydrogen-bond donors (Lipinski definition) is 2. The van der Waals surface area contributed by atoms with Gasteiger partial charge in [0.2, 0.25) is 0 Å². The van der Waals surface area contributed by atoms with Crippen molar-refractivity contribution in [3.05, 3.63) is 0 Å². The highest BCUT2D eigenvalue weighted by Gasteiger charge is 2.71. The van der Waals surface area contributed by atoms with Crippen LogP contribution in [0.4, 0.5) is 0 Å². The summed E-state index contributed by atoms with van der Waals surface area (Å²) < 4.78 is 12.0. The largest absolute Gasteiger partial charge is 0.463 e. The van der Waals surface area contributed by atoms with Crippen LogP contribution in [-0.2, 0) is 14.3 Å². The zero-order valence-corrected chi connectivity index (χ0v) is 15.9. The van der Waals surface area contributed by atoms with Gasteiger partial charge < -0.3 is 19.7 Å². The van der Waals surface area contributed by atoms with E-state index in [2.05, 4.69) is 20.8 Å². The second kappa shape index (κ2) is 5.20. The third kappa shape index (κ3) is 2.15. The fraction of sp³-hybridized carbons (Fsp3) is 0.950. The lowest BCUT2D eigenvalue weighted by Gasteiger charge is -2.66. The summed E-state index contributed by atoms with van der Waals surface area (Å²) in [5.41, 5.74) is -1.33. The van der Waals surface area contributed by atoms with Gasteiger partial charge in [0, 0.05) is 17.3 Å². The van der Waals surface area contributed by atoms with Crippen LogP contribution in [0.2, 0.25) is 0 Å². The third-order valence-electron chi connectivity index (χ3n) is 8.26. The lowest BCUT2D eigenvalue weighted by Crippen LogP contribution is -2.71. The minimum atomic E-state index is -0.802. The third-order valence-corrected chi connectivity index (χ3v) is 8.26. The van der Waals surface area contributed by atoms with Gasteiger partial charge in [0.15, 0.2) is 0 Å². The normalized spacial score (nSPS) is 54.7. The van der Waals surface area contributed by atoms with Gasteiger partial charge in [-0.25, -0.2) is 0 Å². The van der Waals surface area contributed by atoms with Crippen molar-refractivity contribution < 1.29 is 24.5 Å². The smallest absolute Gasteiger partial charge is 0.308 e. The number of carbonyl (C=O) groups is 1. The van der Waals surface area contributed by atoms with Crippen LogP contribution in [0.15, 0.2) is 0 Å². The lowest BCUT2D eigenvalue weighted by atomic mass is 9.43. The average molecular weight is 352 g/mol. The van der Waals surface area contributed by atoms with E-state index in [0.717, 1.165) is 32.1 Å². The number of carbonyl (C=O) groups excluding carboxylic acids is 1. The van der Waals surface area contributed by atoms with Crippen molar-refractivity contribution in [2.75, 3.05) is 6.61 Å². The van der Waals surface area contributed by atoms with Crippen LogP contribution >= 0.6 is 0 Å². The molecule has 5 heteroatoms. The number of aliphatic hydroxyl groups excluding tert-OH is 2. The molecule has 0 aromatic carbocycles. The molecule has 5 nitrogen and oxygen atoms in total. The average Bonchev–Trinajstić information content (AvgIpc) is 3.08. The Morgan fingerprint density at radius 1 is 1.04 bits per heavy atom. The van der Waals surface area contributed by atoms with Crippen molar-refractivity contribution >= 4 is 5.97 Å². The quantitative estimate of drug-likeness (QED) is 0.655. The molecule has 2 heterocycles. The van der Waals surface area contributed by atoms with Crippen LogP contribution in [0, 0.1) is 22.7 Å². The van der Waals surface area contributed by atoms with Gasteiger partial charge in [-0.05, 0) is 31.1 Å². The summed E-state index contributed by atoms with van der Waals surface area (Å²) in [6.07, 6.45) is 3.51.